The Morgan fingerprint density at radius 2 is 1.75 bits per heavy atom. The van der Waals surface area contributed by atoms with Crippen LogP contribution in [0.2, 0.25) is 0 Å². The van der Waals surface area contributed by atoms with Crippen molar-refractivity contribution in [2.24, 2.45) is 5.92 Å². The molecule has 1 aliphatic heterocycles. The summed E-state index contributed by atoms with van der Waals surface area (Å²) in [4.78, 5) is 13.7. The Labute approximate surface area is 163 Å². The van der Waals surface area contributed by atoms with Crippen LogP contribution in [0.15, 0.2) is 29.2 Å². The van der Waals surface area contributed by atoms with Gasteiger partial charge in [0.25, 0.3) is 0 Å². The predicted octanol–water partition coefficient (Wildman–Crippen LogP) is 2.17. The van der Waals surface area contributed by atoms with E-state index in [4.69, 9.17) is 0 Å². The third-order valence-corrected chi connectivity index (χ3v) is 6.58. The van der Waals surface area contributed by atoms with E-state index in [9.17, 15) is 26.4 Å². The van der Waals surface area contributed by atoms with Gasteiger partial charge in [-0.05, 0) is 31.0 Å². The summed E-state index contributed by atoms with van der Waals surface area (Å²) in [5, 5.41) is 2.85. The summed E-state index contributed by atoms with van der Waals surface area (Å²) in [7, 11) is -4.03. The number of alkyl halides is 3. The number of carbonyl (C=O) groups excluding carboxylic acids is 1. The van der Waals surface area contributed by atoms with Gasteiger partial charge in [-0.25, -0.2) is 8.42 Å². The number of piperazine rings is 1. The quantitative estimate of drug-likeness (QED) is 0.765. The van der Waals surface area contributed by atoms with Crippen molar-refractivity contribution in [2.45, 2.75) is 37.9 Å². The van der Waals surface area contributed by atoms with Crippen LogP contribution in [0, 0.1) is 5.92 Å². The van der Waals surface area contributed by atoms with Gasteiger partial charge in [-0.2, -0.15) is 17.5 Å². The van der Waals surface area contributed by atoms with E-state index in [1.54, 1.807) is 6.92 Å². The minimum Gasteiger partial charge on any atom is -0.354 e. The molecule has 1 heterocycles. The molecule has 0 aliphatic carbocycles. The molecule has 10 heteroatoms. The lowest BCUT2D eigenvalue weighted by atomic mass is 10.2. The van der Waals surface area contributed by atoms with Gasteiger partial charge in [0.1, 0.15) is 0 Å². The third-order valence-electron chi connectivity index (χ3n) is 4.68. The number of nitrogens with one attached hydrogen (secondary N) is 1. The minimum atomic E-state index is -4.61. The normalized spacial score (nSPS) is 18.2. The Morgan fingerprint density at radius 3 is 2.29 bits per heavy atom. The summed E-state index contributed by atoms with van der Waals surface area (Å²) >= 11 is 0. The van der Waals surface area contributed by atoms with Crippen molar-refractivity contribution in [3.8, 4) is 0 Å². The van der Waals surface area contributed by atoms with Crippen LogP contribution in [0.1, 0.15) is 26.3 Å². The summed E-state index contributed by atoms with van der Waals surface area (Å²) in [6.45, 7) is 7.17. The Hall–Kier alpha value is -1.65. The maximum absolute atomic E-state index is 12.9. The number of rotatable bonds is 6. The summed E-state index contributed by atoms with van der Waals surface area (Å²) in [6.07, 6.45) is -4.61. The highest BCUT2D eigenvalue weighted by Gasteiger charge is 2.35. The molecule has 1 atom stereocenters. The molecule has 0 saturated carbocycles. The van der Waals surface area contributed by atoms with Crippen LogP contribution in [0.5, 0.6) is 0 Å². The van der Waals surface area contributed by atoms with Crippen molar-refractivity contribution in [1.29, 1.82) is 0 Å². The van der Waals surface area contributed by atoms with E-state index < -0.39 is 27.8 Å². The molecule has 1 aromatic rings. The van der Waals surface area contributed by atoms with Gasteiger partial charge in [-0.15, -0.1) is 0 Å². The van der Waals surface area contributed by atoms with Crippen molar-refractivity contribution in [3.63, 3.8) is 0 Å². The van der Waals surface area contributed by atoms with Crippen LogP contribution in [0.3, 0.4) is 0 Å². The second kappa shape index (κ2) is 8.79. The fourth-order valence-electron chi connectivity index (χ4n) is 2.93. The zero-order valence-corrected chi connectivity index (χ0v) is 17.0. The predicted molar refractivity (Wildman–Crippen MR) is 99.1 cm³/mol. The maximum atomic E-state index is 12.9. The minimum absolute atomic E-state index is 0.111. The van der Waals surface area contributed by atoms with Crippen LogP contribution in [-0.4, -0.2) is 62.3 Å². The second-order valence-electron chi connectivity index (χ2n) is 7.28. The van der Waals surface area contributed by atoms with E-state index in [0.717, 1.165) is 16.4 Å². The zero-order valence-electron chi connectivity index (χ0n) is 16.2. The second-order valence-corrected chi connectivity index (χ2v) is 9.22. The molecule has 1 aliphatic rings. The van der Waals surface area contributed by atoms with E-state index in [0.29, 0.717) is 31.6 Å². The number of hydrogen-bond donors (Lipinski definition) is 1. The molecule has 2 rings (SSSR count). The average Bonchev–Trinajstić information content (AvgIpc) is 2.65. The number of carbonyl (C=O) groups is 1. The number of halogens is 3. The van der Waals surface area contributed by atoms with E-state index in [2.05, 4.69) is 5.32 Å². The summed E-state index contributed by atoms with van der Waals surface area (Å²) in [6, 6.07) is 3.35. The van der Waals surface area contributed by atoms with Gasteiger partial charge in [0.05, 0.1) is 16.5 Å². The number of nitrogens with zero attached hydrogens (tertiary/aromatic N) is 2. The first-order valence-electron chi connectivity index (χ1n) is 9.12. The first kappa shape index (κ1) is 22.6. The van der Waals surface area contributed by atoms with Gasteiger partial charge in [-0.1, -0.05) is 19.9 Å². The molecule has 0 bridgehead atoms. The molecular formula is C18H26F3N3O3S. The van der Waals surface area contributed by atoms with E-state index in [1.165, 1.54) is 6.07 Å². The van der Waals surface area contributed by atoms with Crippen LogP contribution < -0.4 is 5.32 Å². The van der Waals surface area contributed by atoms with E-state index in [-0.39, 0.29) is 23.9 Å². The Bertz CT molecular complexity index is 789. The highest BCUT2D eigenvalue weighted by atomic mass is 32.2. The fourth-order valence-corrected chi connectivity index (χ4v) is 4.40. The monoisotopic (exact) mass is 421 g/mol. The summed E-state index contributed by atoms with van der Waals surface area (Å²) < 4.78 is 65.2. The van der Waals surface area contributed by atoms with Crippen molar-refractivity contribution >= 4 is 15.9 Å². The lowest BCUT2D eigenvalue weighted by molar-refractivity contribution is -0.137. The zero-order chi connectivity index (χ0) is 21.1. The Kier molecular flexibility index (Phi) is 7.11. The summed E-state index contributed by atoms with van der Waals surface area (Å²) in [5.74, 6) is 0.202. The molecule has 0 aromatic heterocycles. The van der Waals surface area contributed by atoms with Gasteiger partial charge in [0, 0.05) is 32.7 Å². The first-order chi connectivity index (χ1) is 12.9. The van der Waals surface area contributed by atoms with Gasteiger partial charge in [-0.3, -0.25) is 9.69 Å². The number of benzene rings is 1. The molecular weight excluding hydrogens is 395 g/mol. The lowest BCUT2D eigenvalue weighted by Gasteiger charge is -2.36. The largest absolute Gasteiger partial charge is 0.416 e. The number of sulfonamides is 1. The number of amides is 1. The average molecular weight is 421 g/mol. The fraction of sp³-hybridized carbons (Fsp3) is 0.611. The molecule has 158 valence electrons. The highest BCUT2D eigenvalue weighted by molar-refractivity contribution is 7.89. The van der Waals surface area contributed by atoms with Crippen LogP contribution in [0.25, 0.3) is 0 Å². The standard InChI is InChI=1S/C18H26F3N3O3S/c1-13(2)12-22-17(25)14(3)23-7-9-24(10-8-23)28(26,27)16-6-4-5-15(11-16)18(19,20)21/h4-6,11,13-14H,7-10,12H2,1-3H3,(H,22,25)/t14-/m0/s1. The van der Waals surface area contributed by atoms with E-state index >= 15 is 0 Å². The molecule has 6 nitrogen and oxygen atoms in total. The van der Waals surface area contributed by atoms with Crippen LogP contribution in [0.4, 0.5) is 13.2 Å². The lowest BCUT2D eigenvalue weighted by Crippen LogP contribution is -2.55. The molecule has 28 heavy (non-hydrogen) atoms. The maximum Gasteiger partial charge on any atom is 0.416 e. The van der Waals surface area contributed by atoms with Crippen LogP contribution in [-0.2, 0) is 21.0 Å². The first-order valence-corrected chi connectivity index (χ1v) is 10.6. The van der Waals surface area contributed by atoms with Crippen molar-refractivity contribution in [3.05, 3.63) is 29.8 Å². The highest BCUT2D eigenvalue weighted by Crippen LogP contribution is 2.31. The topological polar surface area (TPSA) is 69.7 Å². The summed E-state index contributed by atoms with van der Waals surface area (Å²) in [5.41, 5.74) is -0.998. The molecule has 0 unspecified atom stereocenters. The van der Waals surface area contributed by atoms with Crippen LogP contribution >= 0.6 is 0 Å². The SMILES string of the molecule is CC(C)CNC(=O)[C@H](C)N1CCN(S(=O)(=O)c2cccc(C(F)(F)F)c2)CC1. The molecule has 1 saturated heterocycles. The van der Waals surface area contributed by atoms with Gasteiger partial charge < -0.3 is 5.32 Å². The van der Waals surface area contributed by atoms with Gasteiger partial charge in [0.15, 0.2) is 0 Å². The molecule has 1 aromatic carbocycles. The van der Waals surface area contributed by atoms with Crippen molar-refractivity contribution in [2.75, 3.05) is 32.7 Å². The Morgan fingerprint density at radius 1 is 1.14 bits per heavy atom. The third kappa shape index (κ3) is 5.45. The molecule has 1 amide bonds. The van der Waals surface area contributed by atoms with Gasteiger partial charge >= 0.3 is 6.18 Å². The molecule has 1 N–H and O–H groups in total. The Balaban J connectivity index is 2.03. The van der Waals surface area contributed by atoms with E-state index in [1.807, 2.05) is 18.7 Å². The smallest absolute Gasteiger partial charge is 0.354 e. The molecule has 1 fully saturated rings. The molecule has 0 spiro atoms. The number of hydrogen-bond acceptors (Lipinski definition) is 4. The van der Waals surface area contributed by atoms with Gasteiger partial charge in [0.2, 0.25) is 15.9 Å². The van der Waals surface area contributed by atoms with Crippen molar-refractivity contribution in [1.82, 2.24) is 14.5 Å². The van der Waals surface area contributed by atoms with Crippen molar-refractivity contribution < 1.29 is 26.4 Å². The molecule has 0 radical (unpaired) electrons.